The first-order valence-electron chi connectivity index (χ1n) is 3.36. The first kappa shape index (κ1) is 10.7. The molecule has 1 saturated heterocycles. The maximum Gasteiger partial charge on any atom is 0.246 e. The van der Waals surface area contributed by atoms with Crippen molar-refractivity contribution in [3.63, 3.8) is 0 Å². The zero-order valence-electron chi connectivity index (χ0n) is 6.16. The van der Waals surface area contributed by atoms with Gasteiger partial charge in [-0.05, 0) is 12.8 Å². The second-order valence-electron chi connectivity index (χ2n) is 2.56. The smallest absolute Gasteiger partial charge is 0.246 e. The average molecular weight is 181 g/mol. The van der Waals surface area contributed by atoms with Crippen LogP contribution in [0.5, 0.6) is 0 Å². The predicted octanol–water partition coefficient (Wildman–Crippen LogP) is -0.600. The molecule has 2 unspecified atom stereocenters. The Bertz CT molecular complexity index is 135. The summed E-state index contributed by atoms with van der Waals surface area (Å²) in [6, 6.07) is 0.0793. The molecule has 4 nitrogen and oxygen atoms in total. The van der Waals surface area contributed by atoms with Gasteiger partial charge in [0.25, 0.3) is 0 Å². The molecule has 1 fully saturated rings. The molecule has 0 radical (unpaired) electrons. The van der Waals surface area contributed by atoms with Crippen LogP contribution in [0.25, 0.3) is 0 Å². The largest absolute Gasteiger partial charge is 0.367 e. The minimum Gasteiger partial charge on any atom is -0.367 e. The van der Waals surface area contributed by atoms with Gasteiger partial charge in [0.1, 0.15) is 6.10 Å². The van der Waals surface area contributed by atoms with Gasteiger partial charge in [-0.15, -0.1) is 12.4 Å². The summed E-state index contributed by atoms with van der Waals surface area (Å²) in [5.74, 6) is -0.382. The van der Waals surface area contributed by atoms with Crippen LogP contribution in [0.4, 0.5) is 0 Å². The number of hydrogen-bond acceptors (Lipinski definition) is 3. The van der Waals surface area contributed by atoms with E-state index in [9.17, 15) is 4.79 Å². The zero-order valence-corrected chi connectivity index (χ0v) is 6.97. The predicted molar refractivity (Wildman–Crippen MR) is 43.4 cm³/mol. The molecule has 4 N–H and O–H groups in total. The highest BCUT2D eigenvalue weighted by molar-refractivity contribution is 5.85. The number of nitrogens with two attached hydrogens (primary N) is 2. The van der Waals surface area contributed by atoms with Crippen LogP contribution < -0.4 is 11.5 Å². The van der Waals surface area contributed by atoms with Crippen LogP contribution in [0.2, 0.25) is 0 Å². The maximum absolute atomic E-state index is 10.5. The van der Waals surface area contributed by atoms with Crippen LogP contribution in [0.15, 0.2) is 0 Å². The highest BCUT2D eigenvalue weighted by Gasteiger charge is 2.22. The fraction of sp³-hybridized carbons (Fsp3) is 0.833. The summed E-state index contributed by atoms with van der Waals surface area (Å²) in [5.41, 5.74) is 10.5. The third kappa shape index (κ3) is 3.05. The van der Waals surface area contributed by atoms with Gasteiger partial charge in [-0.25, -0.2) is 0 Å². The summed E-state index contributed by atoms with van der Waals surface area (Å²) in [5, 5.41) is 0. The molecule has 0 aliphatic carbocycles. The number of hydrogen-bond donors (Lipinski definition) is 2. The van der Waals surface area contributed by atoms with Gasteiger partial charge >= 0.3 is 0 Å². The van der Waals surface area contributed by atoms with Crippen molar-refractivity contribution in [3.8, 4) is 0 Å². The first-order chi connectivity index (χ1) is 4.70. The van der Waals surface area contributed by atoms with Crippen molar-refractivity contribution >= 4 is 18.3 Å². The molecule has 0 spiro atoms. The number of halogens is 1. The van der Waals surface area contributed by atoms with E-state index in [2.05, 4.69) is 0 Å². The van der Waals surface area contributed by atoms with Gasteiger partial charge in [0.15, 0.2) is 0 Å². The maximum atomic E-state index is 10.5. The molecule has 0 aromatic heterocycles. The van der Waals surface area contributed by atoms with Crippen LogP contribution in [0.3, 0.4) is 0 Å². The van der Waals surface area contributed by atoms with E-state index >= 15 is 0 Å². The molecular weight excluding hydrogens is 168 g/mol. The van der Waals surface area contributed by atoms with E-state index in [1.807, 2.05) is 0 Å². The fourth-order valence-electron chi connectivity index (χ4n) is 0.996. The van der Waals surface area contributed by atoms with Gasteiger partial charge < -0.3 is 16.2 Å². The Balaban J connectivity index is 0.000001000. The van der Waals surface area contributed by atoms with E-state index in [4.69, 9.17) is 16.2 Å². The SMILES string of the molecule is Cl.NC(=O)C1CCC(N)CO1. The minimum absolute atomic E-state index is 0. The molecule has 1 rings (SSSR count). The number of carbonyl (C=O) groups excluding carboxylic acids is 1. The monoisotopic (exact) mass is 180 g/mol. The molecular formula is C6H13ClN2O2. The second kappa shape index (κ2) is 4.54. The molecule has 1 aliphatic heterocycles. The molecule has 1 amide bonds. The molecule has 0 saturated carbocycles. The third-order valence-corrected chi connectivity index (χ3v) is 1.63. The number of carbonyl (C=O) groups is 1. The Morgan fingerprint density at radius 3 is 2.45 bits per heavy atom. The molecule has 2 atom stereocenters. The zero-order chi connectivity index (χ0) is 7.56. The number of ether oxygens (including phenoxy) is 1. The topological polar surface area (TPSA) is 78.3 Å². The van der Waals surface area contributed by atoms with Gasteiger partial charge in [-0.2, -0.15) is 0 Å². The molecule has 0 aromatic rings. The van der Waals surface area contributed by atoms with Crippen molar-refractivity contribution < 1.29 is 9.53 Å². The van der Waals surface area contributed by atoms with Crippen LogP contribution in [0, 0.1) is 0 Å². The summed E-state index contributed by atoms with van der Waals surface area (Å²) in [6.45, 7) is 0.452. The van der Waals surface area contributed by atoms with Crippen molar-refractivity contribution in [1.29, 1.82) is 0 Å². The highest BCUT2D eigenvalue weighted by Crippen LogP contribution is 2.10. The van der Waals surface area contributed by atoms with E-state index < -0.39 is 6.10 Å². The Hall–Kier alpha value is -0.320. The lowest BCUT2D eigenvalue weighted by atomic mass is 10.1. The standard InChI is InChI=1S/C6H12N2O2.ClH/c7-4-1-2-5(6(8)9)10-3-4;/h4-5H,1-3,7H2,(H2,8,9);1H. The molecule has 5 heteroatoms. The lowest BCUT2D eigenvalue weighted by Gasteiger charge is -2.24. The molecule has 66 valence electrons. The van der Waals surface area contributed by atoms with E-state index in [0.717, 1.165) is 6.42 Å². The molecule has 1 heterocycles. The van der Waals surface area contributed by atoms with Crippen LogP contribution >= 0.6 is 12.4 Å². The second-order valence-corrected chi connectivity index (χ2v) is 2.56. The Labute approximate surface area is 71.7 Å². The van der Waals surface area contributed by atoms with E-state index in [1.165, 1.54) is 0 Å². The van der Waals surface area contributed by atoms with E-state index in [0.29, 0.717) is 13.0 Å². The van der Waals surface area contributed by atoms with Gasteiger partial charge in [0.2, 0.25) is 5.91 Å². The molecule has 1 aliphatic rings. The Kier molecular flexibility index (Phi) is 4.40. The summed E-state index contributed by atoms with van der Waals surface area (Å²) in [6.07, 6.45) is 1.09. The van der Waals surface area contributed by atoms with Crippen molar-refractivity contribution in [1.82, 2.24) is 0 Å². The lowest BCUT2D eigenvalue weighted by molar-refractivity contribution is -0.132. The fourth-order valence-corrected chi connectivity index (χ4v) is 0.996. The summed E-state index contributed by atoms with van der Waals surface area (Å²) < 4.78 is 5.05. The molecule has 0 bridgehead atoms. The summed E-state index contributed by atoms with van der Waals surface area (Å²) >= 11 is 0. The highest BCUT2D eigenvalue weighted by atomic mass is 35.5. The van der Waals surface area contributed by atoms with Crippen molar-refractivity contribution in [2.45, 2.75) is 25.0 Å². The van der Waals surface area contributed by atoms with E-state index in [-0.39, 0.29) is 24.4 Å². The molecule has 0 aromatic carbocycles. The van der Waals surface area contributed by atoms with Gasteiger partial charge in [-0.1, -0.05) is 0 Å². The first-order valence-corrected chi connectivity index (χ1v) is 3.36. The van der Waals surface area contributed by atoms with Crippen LogP contribution in [-0.2, 0) is 9.53 Å². The summed E-state index contributed by atoms with van der Waals surface area (Å²) in [7, 11) is 0. The lowest BCUT2D eigenvalue weighted by Crippen LogP contribution is -2.41. The van der Waals surface area contributed by atoms with E-state index in [1.54, 1.807) is 0 Å². The number of amides is 1. The summed E-state index contributed by atoms with van der Waals surface area (Å²) in [4.78, 5) is 10.5. The van der Waals surface area contributed by atoms with Crippen molar-refractivity contribution in [3.05, 3.63) is 0 Å². The quantitative estimate of drug-likeness (QED) is 0.566. The number of rotatable bonds is 1. The number of primary amides is 1. The Morgan fingerprint density at radius 1 is 1.45 bits per heavy atom. The van der Waals surface area contributed by atoms with Crippen LogP contribution in [0.1, 0.15) is 12.8 Å². The Morgan fingerprint density at radius 2 is 2.09 bits per heavy atom. The van der Waals surface area contributed by atoms with Crippen molar-refractivity contribution in [2.75, 3.05) is 6.61 Å². The van der Waals surface area contributed by atoms with Gasteiger partial charge in [0, 0.05) is 6.04 Å². The molecule has 11 heavy (non-hydrogen) atoms. The third-order valence-electron chi connectivity index (χ3n) is 1.63. The minimum atomic E-state index is -0.403. The van der Waals surface area contributed by atoms with Crippen molar-refractivity contribution in [2.24, 2.45) is 11.5 Å². The van der Waals surface area contributed by atoms with Gasteiger partial charge in [0.05, 0.1) is 6.61 Å². The van der Waals surface area contributed by atoms with Crippen LogP contribution in [-0.4, -0.2) is 24.7 Å². The average Bonchev–Trinajstić information content (AvgIpc) is 1.88. The normalized spacial score (nSPS) is 30.6. The van der Waals surface area contributed by atoms with Gasteiger partial charge in [-0.3, -0.25) is 4.79 Å².